The maximum atomic E-state index is 11.3. The van der Waals surface area contributed by atoms with Gasteiger partial charge < -0.3 is 10.5 Å². The topological polar surface area (TPSA) is 65.2 Å². The SMILES string of the molecule is COC(=O)[C@@H](N)Cc1ccnc2ccccc12.Cl.Cl. The third-order valence-electron chi connectivity index (χ3n) is 2.68. The van der Waals surface area contributed by atoms with Crippen molar-refractivity contribution in [2.75, 3.05) is 7.11 Å². The van der Waals surface area contributed by atoms with Crippen LogP contribution in [0.25, 0.3) is 10.9 Å². The van der Waals surface area contributed by atoms with E-state index in [1.165, 1.54) is 7.11 Å². The lowest BCUT2D eigenvalue weighted by molar-refractivity contribution is -0.142. The summed E-state index contributed by atoms with van der Waals surface area (Å²) in [4.78, 5) is 15.5. The van der Waals surface area contributed by atoms with E-state index in [4.69, 9.17) is 5.73 Å². The van der Waals surface area contributed by atoms with Crippen LogP contribution < -0.4 is 5.73 Å². The zero-order chi connectivity index (χ0) is 12.3. The molecule has 2 aromatic rings. The number of esters is 1. The second kappa shape index (κ2) is 7.94. The standard InChI is InChI=1S/C13H14N2O2.2ClH/c1-17-13(16)11(14)8-9-6-7-15-12-5-3-2-4-10(9)12;;/h2-7,11H,8,14H2,1H3;2*1H/t11-;;/m0../s1. The quantitative estimate of drug-likeness (QED) is 0.882. The fourth-order valence-corrected chi connectivity index (χ4v) is 1.80. The monoisotopic (exact) mass is 302 g/mol. The highest BCUT2D eigenvalue weighted by molar-refractivity contribution is 5.85. The van der Waals surface area contributed by atoms with Gasteiger partial charge in [0.1, 0.15) is 6.04 Å². The van der Waals surface area contributed by atoms with Gasteiger partial charge in [-0.15, -0.1) is 24.8 Å². The van der Waals surface area contributed by atoms with E-state index in [0.29, 0.717) is 6.42 Å². The van der Waals surface area contributed by atoms with Gasteiger partial charge in [0.2, 0.25) is 0 Å². The second-order valence-corrected chi connectivity index (χ2v) is 3.82. The Hall–Kier alpha value is -1.36. The fourth-order valence-electron chi connectivity index (χ4n) is 1.80. The predicted molar refractivity (Wildman–Crippen MR) is 79.9 cm³/mol. The van der Waals surface area contributed by atoms with Crippen LogP contribution in [0.2, 0.25) is 0 Å². The van der Waals surface area contributed by atoms with E-state index in [1.807, 2.05) is 30.3 Å². The van der Waals surface area contributed by atoms with Crippen LogP contribution >= 0.6 is 24.8 Å². The van der Waals surface area contributed by atoms with Gasteiger partial charge in [-0.05, 0) is 24.1 Å². The zero-order valence-corrected chi connectivity index (χ0v) is 12.0. The number of halogens is 2. The molecular weight excluding hydrogens is 287 g/mol. The van der Waals surface area contributed by atoms with Crippen LogP contribution in [0.3, 0.4) is 0 Å². The van der Waals surface area contributed by atoms with Gasteiger partial charge in [-0.25, -0.2) is 0 Å². The van der Waals surface area contributed by atoms with Gasteiger partial charge in [0.15, 0.2) is 0 Å². The predicted octanol–water partition coefficient (Wildman–Crippen LogP) is 2.12. The van der Waals surface area contributed by atoms with E-state index in [9.17, 15) is 4.79 Å². The van der Waals surface area contributed by atoms with E-state index in [-0.39, 0.29) is 24.8 Å². The molecular formula is C13H16Cl2N2O2. The van der Waals surface area contributed by atoms with E-state index in [1.54, 1.807) is 6.20 Å². The first-order chi connectivity index (χ1) is 8.22. The highest BCUT2D eigenvalue weighted by Crippen LogP contribution is 2.17. The second-order valence-electron chi connectivity index (χ2n) is 3.82. The first-order valence-electron chi connectivity index (χ1n) is 5.38. The molecule has 1 aromatic heterocycles. The number of hydrogen-bond donors (Lipinski definition) is 1. The summed E-state index contributed by atoms with van der Waals surface area (Å²) in [7, 11) is 1.34. The molecule has 0 aliphatic heterocycles. The molecule has 0 radical (unpaired) electrons. The number of pyridine rings is 1. The zero-order valence-electron chi connectivity index (χ0n) is 10.4. The van der Waals surface area contributed by atoms with Gasteiger partial charge in [0, 0.05) is 11.6 Å². The molecule has 0 aliphatic rings. The Labute approximate surface area is 124 Å². The average Bonchev–Trinajstić information content (AvgIpc) is 2.38. The van der Waals surface area contributed by atoms with E-state index >= 15 is 0 Å². The summed E-state index contributed by atoms with van der Waals surface area (Å²) in [6, 6.07) is 9.03. The van der Waals surface area contributed by atoms with E-state index < -0.39 is 12.0 Å². The van der Waals surface area contributed by atoms with Gasteiger partial charge in [-0.1, -0.05) is 18.2 Å². The van der Waals surface area contributed by atoms with Gasteiger partial charge in [-0.2, -0.15) is 0 Å². The highest BCUT2D eigenvalue weighted by Gasteiger charge is 2.15. The molecule has 1 atom stereocenters. The molecule has 0 saturated carbocycles. The van der Waals surface area contributed by atoms with Crippen molar-refractivity contribution in [2.24, 2.45) is 5.73 Å². The van der Waals surface area contributed by atoms with Gasteiger partial charge in [0.05, 0.1) is 12.6 Å². The average molecular weight is 303 g/mol. The van der Waals surface area contributed by atoms with Crippen molar-refractivity contribution < 1.29 is 9.53 Å². The van der Waals surface area contributed by atoms with Gasteiger partial charge >= 0.3 is 5.97 Å². The minimum Gasteiger partial charge on any atom is -0.468 e. The van der Waals surface area contributed by atoms with Crippen LogP contribution in [-0.4, -0.2) is 24.1 Å². The number of rotatable bonds is 3. The number of carbonyl (C=O) groups is 1. The molecule has 0 bridgehead atoms. The van der Waals surface area contributed by atoms with Crippen LogP contribution in [0.15, 0.2) is 36.5 Å². The molecule has 0 amide bonds. The number of para-hydroxylation sites is 1. The summed E-state index contributed by atoms with van der Waals surface area (Å²) in [6.07, 6.45) is 2.18. The van der Waals surface area contributed by atoms with E-state index in [2.05, 4.69) is 9.72 Å². The van der Waals surface area contributed by atoms with Crippen LogP contribution in [0.5, 0.6) is 0 Å². The highest BCUT2D eigenvalue weighted by atomic mass is 35.5. The lowest BCUT2D eigenvalue weighted by atomic mass is 10.0. The van der Waals surface area contributed by atoms with Crippen LogP contribution in [-0.2, 0) is 16.0 Å². The number of carbonyl (C=O) groups excluding carboxylic acids is 1. The molecule has 104 valence electrons. The van der Waals surface area contributed by atoms with Crippen LogP contribution in [0.1, 0.15) is 5.56 Å². The number of ether oxygens (including phenoxy) is 1. The van der Waals surface area contributed by atoms with Crippen molar-refractivity contribution >= 4 is 41.7 Å². The summed E-state index contributed by atoms with van der Waals surface area (Å²) in [5, 5.41) is 1.02. The lowest BCUT2D eigenvalue weighted by Crippen LogP contribution is -2.33. The number of fused-ring (bicyclic) bond motifs is 1. The fraction of sp³-hybridized carbons (Fsp3) is 0.231. The maximum Gasteiger partial charge on any atom is 0.322 e. The first-order valence-corrected chi connectivity index (χ1v) is 5.38. The Kier molecular flexibility index (Phi) is 7.37. The largest absolute Gasteiger partial charge is 0.468 e. The van der Waals surface area contributed by atoms with Gasteiger partial charge in [0.25, 0.3) is 0 Å². The van der Waals surface area contributed by atoms with E-state index in [0.717, 1.165) is 16.5 Å². The molecule has 4 nitrogen and oxygen atoms in total. The Morgan fingerprint density at radius 3 is 2.68 bits per heavy atom. The van der Waals surface area contributed by atoms with Crippen LogP contribution in [0.4, 0.5) is 0 Å². The molecule has 0 unspecified atom stereocenters. The van der Waals surface area contributed by atoms with Crippen molar-refractivity contribution in [3.8, 4) is 0 Å². The lowest BCUT2D eigenvalue weighted by Gasteiger charge is -2.10. The normalized spacial score (nSPS) is 11.1. The summed E-state index contributed by atoms with van der Waals surface area (Å²) < 4.78 is 4.62. The summed E-state index contributed by atoms with van der Waals surface area (Å²) >= 11 is 0. The number of benzene rings is 1. The minimum absolute atomic E-state index is 0. The number of nitrogens with zero attached hydrogens (tertiary/aromatic N) is 1. The molecule has 0 saturated heterocycles. The summed E-state index contributed by atoms with van der Waals surface area (Å²) in [5.41, 5.74) is 7.67. The molecule has 2 N–H and O–H groups in total. The maximum absolute atomic E-state index is 11.3. The Morgan fingerprint density at radius 1 is 1.32 bits per heavy atom. The molecule has 1 aromatic carbocycles. The molecule has 19 heavy (non-hydrogen) atoms. The Morgan fingerprint density at radius 2 is 2.00 bits per heavy atom. The van der Waals surface area contributed by atoms with Crippen molar-refractivity contribution in [1.29, 1.82) is 0 Å². The van der Waals surface area contributed by atoms with Crippen molar-refractivity contribution in [3.05, 3.63) is 42.1 Å². The molecule has 0 aliphatic carbocycles. The number of aromatic nitrogens is 1. The first kappa shape index (κ1) is 17.6. The molecule has 2 rings (SSSR count). The van der Waals surface area contributed by atoms with Crippen molar-refractivity contribution in [3.63, 3.8) is 0 Å². The minimum atomic E-state index is -0.634. The summed E-state index contributed by atoms with van der Waals surface area (Å²) in [5.74, 6) is -0.397. The molecule has 1 heterocycles. The Bertz CT molecular complexity index is 544. The third-order valence-corrected chi connectivity index (χ3v) is 2.68. The van der Waals surface area contributed by atoms with Crippen LogP contribution in [0, 0.1) is 0 Å². The number of methoxy groups -OCH3 is 1. The number of hydrogen-bond acceptors (Lipinski definition) is 4. The summed E-state index contributed by atoms with van der Waals surface area (Å²) in [6.45, 7) is 0. The molecule has 0 spiro atoms. The smallest absolute Gasteiger partial charge is 0.322 e. The number of nitrogens with two attached hydrogens (primary N) is 1. The Balaban J connectivity index is 0.00000162. The molecule has 0 fully saturated rings. The van der Waals surface area contributed by atoms with Crippen molar-refractivity contribution in [1.82, 2.24) is 4.98 Å². The molecule has 6 heteroatoms. The third kappa shape index (κ3) is 4.06. The van der Waals surface area contributed by atoms with Gasteiger partial charge in [-0.3, -0.25) is 9.78 Å². The van der Waals surface area contributed by atoms with Crippen molar-refractivity contribution in [2.45, 2.75) is 12.5 Å².